The van der Waals surface area contributed by atoms with Gasteiger partial charge in [-0.1, -0.05) is 11.6 Å². The number of ether oxygens (including phenoxy) is 1. The molecule has 2 aliphatic heterocycles. The van der Waals surface area contributed by atoms with E-state index in [0.717, 1.165) is 49.9 Å². The Morgan fingerprint density at radius 1 is 1.06 bits per heavy atom. The number of benzene rings is 1. The number of anilines is 1. The molecule has 0 aliphatic carbocycles. The number of carbonyl (C=O) groups is 2. The number of amides is 1. The predicted molar refractivity (Wildman–Crippen MR) is 126 cm³/mol. The molecule has 0 spiro atoms. The minimum absolute atomic E-state index is 0.0666. The highest BCUT2D eigenvalue weighted by molar-refractivity contribution is 7.16. The second-order valence-electron chi connectivity index (χ2n) is 8.09. The molecule has 0 bridgehead atoms. The van der Waals surface area contributed by atoms with E-state index in [4.69, 9.17) is 16.3 Å². The van der Waals surface area contributed by atoms with Crippen LogP contribution in [0.15, 0.2) is 30.3 Å². The van der Waals surface area contributed by atoms with Crippen LogP contribution in [0.2, 0.25) is 4.34 Å². The van der Waals surface area contributed by atoms with Crippen molar-refractivity contribution in [1.82, 2.24) is 9.80 Å². The number of halogens is 1. The van der Waals surface area contributed by atoms with E-state index in [0.29, 0.717) is 18.8 Å². The summed E-state index contributed by atoms with van der Waals surface area (Å²) in [5.41, 5.74) is 0.450. The average Bonchev–Trinajstić information content (AvgIpc) is 3.49. The van der Waals surface area contributed by atoms with E-state index >= 15 is 0 Å². The molecule has 2 aromatic rings. The Labute approximate surface area is 200 Å². The van der Waals surface area contributed by atoms with Gasteiger partial charge in [-0.2, -0.15) is 0 Å². The Morgan fingerprint density at radius 3 is 2.42 bits per heavy atom. The van der Waals surface area contributed by atoms with Crippen molar-refractivity contribution in [2.45, 2.75) is 19.4 Å². The van der Waals surface area contributed by atoms with Crippen molar-refractivity contribution < 1.29 is 19.2 Å². The molecule has 2 saturated heterocycles. The quantitative estimate of drug-likeness (QED) is 0.332. The summed E-state index contributed by atoms with van der Waals surface area (Å²) in [7, 11) is 0. The summed E-state index contributed by atoms with van der Waals surface area (Å²) >= 11 is 7.53. The van der Waals surface area contributed by atoms with E-state index in [1.54, 1.807) is 22.3 Å². The van der Waals surface area contributed by atoms with Crippen LogP contribution in [0.4, 0.5) is 11.4 Å². The number of thiophene rings is 1. The summed E-state index contributed by atoms with van der Waals surface area (Å²) in [5.74, 6) is -1.02. The summed E-state index contributed by atoms with van der Waals surface area (Å²) in [6.45, 7) is 4.46. The fraction of sp³-hybridized carbons (Fsp3) is 0.455. The molecule has 0 atom stereocenters. The van der Waals surface area contributed by atoms with Crippen molar-refractivity contribution in [2.75, 3.05) is 50.8 Å². The van der Waals surface area contributed by atoms with Gasteiger partial charge >= 0.3 is 5.97 Å². The zero-order valence-electron chi connectivity index (χ0n) is 18.1. The highest BCUT2D eigenvalue weighted by Gasteiger charge is 2.26. The maximum Gasteiger partial charge on any atom is 0.338 e. The van der Waals surface area contributed by atoms with Crippen molar-refractivity contribution in [2.24, 2.45) is 0 Å². The molecule has 1 amide bonds. The van der Waals surface area contributed by atoms with Crippen LogP contribution in [0.5, 0.6) is 0 Å². The molecule has 0 saturated carbocycles. The first kappa shape index (κ1) is 23.5. The highest BCUT2D eigenvalue weighted by atomic mass is 35.5. The maximum atomic E-state index is 12.5. The monoisotopic (exact) mass is 492 g/mol. The smallest absolute Gasteiger partial charge is 0.338 e. The second kappa shape index (κ2) is 10.5. The minimum Gasteiger partial charge on any atom is -0.452 e. The van der Waals surface area contributed by atoms with E-state index in [9.17, 15) is 19.7 Å². The van der Waals surface area contributed by atoms with Gasteiger partial charge in [-0.05, 0) is 37.1 Å². The van der Waals surface area contributed by atoms with Crippen molar-refractivity contribution in [1.29, 1.82) is 0 Å². The first-order valence-electron chi connectivity index (χ1n) is 10.9. The molecule has 33 heavy (non-hydrogen) atoms. The lowest BCUT2D eigenvalue weighted by atomic mass is 10.1. The number of nitro benzene ring substituents is 1. The second-order valence-corrected chi connectivity index (χ2v) is 9.89. The lowest BCUT2D eigenvalue weighted by Gasteiger charge is -2.34. The minimum atomic E-state index is -0.743. The number of nitrogens with zero attached hydrogens (tertiary/aromatic N) is 4. The van der Waals surface area contributed by atoms with Crippen molar-refractivity contribution in [3.63, 3.8) is 0 Å². The molecule has 4 rings (SSSR count). The van der Waals surface area contributed by atoms with Crippen LogP contribution in [-0.4, -0.2) is 72.5 Å². The zero-order valence-corrected chi connectivity index (χ0v) is 19.6. The molecule has 1 aromatic carbocycles. The van der Waals surface area contributed by atoms with Crippen LogP contribution in [0.3, 0.4) is 0 Å². The lowest BCUT2D eigenvalue weighted by molar-refractivity contribution is -0.384. The topological polar surface area (TPSA) is 96.2 Å². The standard InChI is InChI=1S/C22H25ClN4O5S/c23-20-6-4-17(33-20)14-24-9-11-26(12-10-24)21(28)15-32-22(29)16-3-5-18(19(13-16)27(30)31)25-7-1-2-8-25/h3-6,13H,1-2,7-12,14-15H2. The van der Waals surface area contributed by atoms with Gasteiger partial charge in [-0.3, -0.25) is 19.8 Å². The van der Waals surface area contributed by atoms with Gasteiger partial charge < -0.3 is 14.5 Å². The van der Waals surface area contributed by atoms with Crippen molar-refractivity contribution in [3.8, 4) is 0 Å². The molecule has 2 aliphatic rings. The van der Waals surface area contributed by atoms with Crippen molar-refractivity contribution in [3.05, 3.63) is 55.2 Å². The van der Waals surface area contributed by atoms with Gasteiger partial charge in [-0.15, -0.1) is 11.3 Å². The number of carbonyl (C=O) groups excluding carboxylic acids is 2. The molecule has 0 unspecified atom stereocenters. The predicted octanol–water partition coefficient (Wildman–Crippen LogP) is 3.41. The summed E-state index contributed by atoms with van der Waals surface area (Å²) in [6, 6.07) is 8.22. The van der Waals surface area contributed by atoms with Crippen LogP contribution in [-0.2, 0) is 16.1 Å². The molecular formula is C22H25ClN4O5S. The first-order chi connectivity index (χ1) is 15.9. The van der Waals surface area contributed by atoms with Gasteiger partial charge in [-0.25, -0.2) is 4.79 Å². The third-order valence-electron chi connectivity index (χ3n) is 5.91. The van der Waals surface area contributed by atoms with Crippen LogP contribution < -0.4 is 4.90 Å². The van der Waals surface area contributed by atoms with Crippen LogP contribution in [0, 0.1) is 10.1 Å². The van der Waals surface area contributed by atoms with E-state index in [-0.39, 0.29) is 23.8 Å². The first-order valence-corrected chi connectivity index (χ1v) is 12.0. The summed E-state index contributed by atoms with van der Waals surface area (Å²) in [6.07, 6.45) is 1.97. The molecule has 9 nitrogen and oxygen atoms in total. The molecule has 3 heterocycles. The molecular weight excluding hydrogens is 468 g/mol. The van der Waals surface area contributed by atoms with Gasteiger partial charge in [0.05, 0.1) is 14.8 Å². The third-order valence-corrected chi connectivity index (χ3v) is 7.13. The molecule has 2 fully saturated rings. The Morgan fingerprint density at radius 2 is 1.79 bits per heavy atom. The van der Waals surface area contributed by atoms with E-state index in [1.807, 2.05) is 17.0 Å². The number of esters is 1. The fourth-order valence-electron chi connectivity index (χ4n) is 4.14. The van der Waals surface area contributed by atoms with E-state index in [2.05, 4.69) is 4.90 Å². The number of nitro groups is 1. The van der Waals surface area contributed by atoms with Crippen LogP contribution >= 0.6 is 22.9 Å². The van der Waals surface area contributed by atoms with Gasteiger partial charge in [0.25, 0.3) is 11.6 Å². The maximum absolute atomic E-state index is 12.5. The summed E-state index contributed by atoms with van der Waals surface area (Å²) < 4.78 is 5.94. The third kappa shape index (κ3) is 5.82. The van der Waals surface area contributed by atoms with E-state index < -0.39 is 10.9 Å². The summed E-state index contributed by atoms with van der Waals surface area (Å²) in [4.78, 5) is 43.0. The fourth-order valence-corrected chi connectivity index (χ4v) is 5.27. The Balaban J connectivity index is 1.28. The Kier molecular flexibility index (Phi) is 7.46. The normalized spacial score (nSPS) is 16.8. The molecule has 1 aromatic heterocycles. The molecule has 176 valence electrons. The largest absolute Gasteiger partial charge is 0.452 e. The molecule has 0 N–H and O–H groups in total. The number of hydrogen-bond acceptors (Lipinski definition) is 8. The SMILES string of the molecule is O=C(OCC(=O)N1CCN(Cc2ccc(Cl)s2)CC1)c1ccc(N2CCCC2)c([N+](=O)[O-])c1. The van der Waals surface area contributed by atoms with Gasteiger partial charge in [0.15, 0.2) is 6.61 Å². The summed E-state index contributed by atoms with van der Waals surface area (Å²) in [5, 5.41) is 11.5. The van der Waals surface area contributed by atoms with Crippen LogP contribution in [0.25, 0.3) is 0 Å². The van der Waals surface area contributed by atoms with Gasteiger partial charge in [0, 0.05) is 56.8 Å². The highest BCUT2D eigenvalue weighted by Crippen LogP contribution is 2.32. The zero-order chi connectivity index (χ0) is 23.4. The molecule has 11 heteroatoms. The number of piperazine rings is 1. The van der Waals surface area contributed by atoms with Crippen molar-refractivity contribution >= 4 is 46.2 Å². The van der Waals surface area contributed by atoms with Gasteiger partial charge in [0.1, 0.15) is 5.69 Å². The average molecular weight is 493 g/mol. The van der Waals surface area contributed by atoms with Gasteiger partial charge in [0.2, 0.25) is 0 Å². The Hall–Kier alpha value is -2.69. The number of rotatable bonds is 7. The Bertz CT molecular complexity index is 1030. The number of hydrogen-bond donors (Lipinski definition) is 0. The van der Waals surface area contributed by atoms with Crippen LogP contribution in [0.1, 0.15) is 28.1 Å². The lowest BCUT2D eigenvalue weighted by Crippen LogP contribution is -2.49. The molecule has 0 radical (unpaired) electrons. The van der Waals surface area contributed by atoms with E-state index in [1.165, 1.54) is 17.0 Å².